The van der Waals surface area contributed by atoms with Crippen molar-refractivity contribution in [1.29, 1.82) is 0 Å². The first-order valence-electron chi connectivity index (χ1n) is 7.62. The van der Waals surface area contributed by atoms with Crippen LogP contribution in [0.25, 0.3) is 0 Å². The molecule has 24 heavy (non-hydrogen) atoms. The van der Waals surface area contributed by atoms with Crippen LogP contribution >= 0.6 is 0 Å². The van der Waals surface area contributed by atoms with Crippen LogP contribution < -0.4 is 10.6 Å². The van der Waals surface area contributed by atoms with Crippen LogP contribution in [-0.4, -0.2) is 36.2 Å². The first-order chi connectivity index (χ1) is 11.6. The molecule has 2 aromatic rings. The highest BCUT2D eigenvalue weighted by Crippen LogP contribution is 2.17. The number of carbonyl (C=O) groups excluding carboxylic acids is 2. The number of esters is 1. The van der Waals surface area contributed by atoms with Crippen LogP contribution in [0, 0.1) is 0 Å². The molecular formula is C18H20N2O4. The van der Waals surface area contributed by atoms with Crippen LogP contribution in [0.15, 0.2) is 54.6 Å². The molecule has 126 valence electrons. The van der Waals surface area contributed by atoms with Gasteiger partial charge in [-0.2, -0.15) is 0 Å². The van der Waals surface area contributed by atoms with Crippen molar-refractivity contribution in [2.45, 2.75) is 13.0 Å². The molecule has 3 N–H and O–H groups in total. The van der Waals surface area contributed by atoms with Gasteiger partial charge in [-0.15, -0.1) is 0 Å². The van der Waals surface area contributed by atoms with Crippen molar-refractivity contribution in [2.24, 2.45) is 0 Å². The molecule has 0 heterocycles. The van der Waals surface area contributed by atoms with Crippen LogP contribution in [0.4, 0.5) is 11.4 Å². The van der Waals surface area contributed by atoms with Gasteiger partial charge in [0, 0.05) is 17.9 Å². The van der Waals surface area contributed by atoms with E-state index in [2.05, 4.69) is 10.6 Å². The third kappa shape index (κ3) is 4.82. The molecule has 0 radical (unpaired) electrons. The van der Waals surface area contributed by atoms with Crippen molar-refractivity contribution in [1.82, 2.24) is 0 Å². The Balaban J connectivity index is 1.99. The molecule has 0 unspecified atom stereocenters. The highest BCUT2D eigenvalue weighted by Gasteiger charge is 2.20. The predicted octanol–water partition coefficient (Wildman–Crippen LogP) is 2.27. The molecule has 2 rings (SSSR count). The molecule has 0 fully saturated rings. The van der Waals surface area contributed by atoms with Gasteiger partial charge >= 0.3 is 5.97 Å². The van der Waals surface area contributed by atoms with E-state index in [1.807, 2.05) is 6.07 Å². The average molecular weight is 328 g/mol. The third-order valence-electron chi connectivity index (χ3n) is 3.27. The summed E-state index contributed by atoms with van der Waals surface area (Å²) in [5.74, 6) is -1.01. The molecule has 6 heteroatoms. The summed E-state index contributed by atoms with van der Waals surface area (Å²) >= 11 is 0. The monoisotopic (exact) mass is 328 g/mol. The molecule has 0 aromatic heterocycles. The van der Waals surface area contributed by atoms with Crippen molar-refractivity contribution in [3.63, 3.8) is 0 Å². The predicted molar refractivity (Wildman–Crippen MR) is 92.0 cm³/mol. The second kappa shape index (κ2) is 8.69. The van der Waals surface area contributed by atoms with Crippen molar-refractivity contribution < 1.29 is 19.4 Å². The second-order valence-electron chi connectivity index (χ2n) is 5.10. The van der Waals surface area contributed by atoms with Gasteiger partial charge in [-0.05, 0) is 31.2 Å². The van der Waals surface area contributed by atoms with Crippen molar-refractivity contribution in [2.75, 3.05) is 23.8 Å². The summed E-state index contributed by atoms with van der Waals surface area (Å²) < 4.78 is 5.24. The van der Waals surface area contributed by atoms with Gasteiger partial charge in [0.15, 0.2) is 6.10 Å². The Bertz CT molecular complexity index is 688. The minimum absolute atomic E-state index is 0.0563. The number of hydrogen-bond donors (Lipinski definition) is 3. The minimum Gasteiger partial charge on any atom is -0.449 e. The Morgan fingerprint density at radius 3 is 2.46 bits per heavy atom. The number of anilines is 2. The molecule has 0 spiro atoms. The molecule has 0 saturated carbocycles. The van der Waals surface area contributed by atoms with E-state index in [9.17, 15) is 9.59 Å². The van der Waals surface area contributed by atoms with Gasteiger partial charge in [0.2, 0.25) is 0 Å². The number of carbonyl (C=O) groups is 2. The molecule has 1 amide bonds. The van der Waals surface area contributed by atoms with Gasteiger partial charge in [-0.3, -0.25) is 4.79 Å². The maximum Gasteiger partial charge on any atom is 0.341 e. The van der Waals surface area contributed by atoms with E-state index >= 15 is 0 Å². The smallest absolute Gasteiger partial charge is 0.341 e. The Kier molecular flexibility index (Phi) is 6.33. The fraction of sp³-hybridized carbons (Fsp3) is 0.222. The number of hydrogen-bond acceptors (Lipinski definition) is 5. The Hall–Kier alpha value is -2.86. The number of benzene rings is 2. The Morgan fingerprint density at radius 1 is 1.08 bits per heavy atom. The molecule has 0 bridgehead atoms. The largest absolute Gasteiger partial charge is 0.449 e. The summed E-state index contributed by atoms with van der Waals surface area (Å²) in [5, 5.41) is 14.5. The molecule has 0 aliphatic rings. The van der Waals surface area contributed by atoms with Crippen LogP contribution in [-0.2, 0) is 9.53 Å². The van der Waals surface area contributed by atoms with Gasteiger partial charge in [-0.1, -0.05) is 30.3 Å². The van der Waals surface area contributed by atoms with Gasteiger partial charge in [-0.25, -0.2) is 4.79 Å². The molecule has 6 nitrogen and oxygen atoms in total. The van der Waals surface area contributed by atoms with E-state index in [0.717, 1.165) is 0 Å². The zero-order chi connectivity index (χ0) is 17.4. The summed E-state index contributed by atoms with van der Waals surface area (Å²) in [6, 6.07) is 15.7. The average Bonchev–Trinajstić information content (AvgIpc) is 2.61. The standard InChI is InChI=1S/C18H20N2O4/c1-13(17(22)20-14-7-3-2-4-8-14)24-18(23)15-9-5-6-10-16(15)19-11-12-21/h2-10,13,19,21H,11-12H2,1H3,(H,20,22)/t13-/m0/s1. The Labute approximate surface area is 140 Å². The normalized spacial score (nSPS) is 11.4. The number of aliphatic hydroxyl groups excluding tert-OH is 1. The number of para-hydroxylation sites is 2. The maximum absolute atomic E-state index is 12.3. The highest BCUT2D eigenvalue weighted by atomic mass is 16.5. The second-order valence-corrected chi connectivity index (χ2v) is 5.10. The van der Waals surface area contributed by atoms with Gasteiger partial charge < -0.3 is 20.5 Å². The highest BCUT2D eigenvalue weighted by molar-refractivity contribution is 5.99. The van der Waals surface area contributed by atoms with Gasteiger partial charge in [0.25, 0.3) is 5.91 Å². The quantitative estimate of drug-likeness (QED) is 0.679. The maximum atomic E-state index is 12.3. The molecular weight excluding hydrogens is 308 g/mol. The number of nitrogens with one attached hydrogen (secondary N) is 2. The number of amides is 1. The number of aliphatic hydroxyl groups is 1. The van der Waals surface area contributed by atoms with Crippen LogP contribution in [0.1, 0.15) is 17.3 Å². The zero-order valence-corrected chi connectivity index (χ0v) is 13.4. The lowest BCUT2D eigenvalue weighted by molar-refractivity contribution is -0.123. The molecule has 0 saturated heterocycles. The summed E-state index contributed by atoms with van der Waals surface area (Å²) in [5.41, 5.74) is 1.49. The lowest BCUT2D eigenvalue weighted by atomic mass is 10.1. The van der Waals surface area contributed by atoms with E-state index in [0.29, 0.717) is 23.5 Å². The summed E-state index contributed by atoms with van der Waals surface area (Å²) in [4.78, 5) is 24.4. The van der Waals surface area contributed by atoms with Crippen molar-refractivity contribution in [3.8, 4) is 0 Å². The SMILES string of the molecule is C[C@H](OC(=O)c1ccccc1NCCO)C(=O)Nc1ccccc1. The molecule has 1 atom stereocenters. The van der Waals surface area contributed by atoms with Crippen molar-refractivity contribution in [3.05, 3.63) is 60.2 Å². The first-order valence-corrected chi connectivity index (χ1v) is 7.62. The molecule has 0 aliphatic carbocycles. The third-order valence-corrected chi connectivity index (χ3v) is 3.27. The number of rotatable bonds is 7. The van der Waals surface area contributed by atoms with Crippen LogP contribution in [0.2, 0.25) is 0 Å². The van der Waals surface area contributed by atoms with Gasteiger partial charge in [0.05, 0.1) is 12.2 Å². The van der Waals surface area contributed by atoms with E-state index in [-0.39, 0.29) is 6.61 Å². The summed E-state index contributed by atoms with van der Waals surface area (Å²) in [6.07, 6.45) is -0.941. The van der Waals surface area contributed by atoms with E-state index in [1.165, 1.54) is 6.92 Å². The Morgan fingerprint density at radius 2 is 1.75 bits per heavy atom. The summed E-state index contributed by atoms with van der Waals surface area (Å²) in [6.45, 7) is 1.77. The van der Waals surface area contributed by atoms with E-state index < -0.39 is 18.0 Å². The number of ether oxygens (including phenoxy) is 1. The fourth-order valence-corrected chi connectivity index (χ4v) is 2.05. The molecule has 0 aliphatic heterocycles. The van der Waals surface area contributed by atoms with Crippen LogP contribution in [0.5, 0.6) is 0 Å². The molecule has 2 aromatic carbocycles. The topological polar surface area (TPSA) is 87.7 Å². The lowest BCUT2D eigenvalue weighted by Gasteiger charge is -2.15. The summed E-state index contributed by atoms with van der Waals surface area (Å²) in [7, 11) is 0. The lowest BCUT2D eigenvalue weighted by Crippen LogP contribution is -2.30. The zero-order valence-electron chi connectivity index (χ0n) is 13.4. The minimum atomic E-state index is -0.941. The van der Waals surface area contributed by atoms with Crippen LogP contribution in [0.3, 0.4) is 0 Å². The van der Waals surface area contributed by atoms with Crippen molar-refractivity contribution >= 4 is 23.3 Å². The fourth-order valence-electron chi connectivity index (χ4n) is 2.05. The first kappa shape index (κ1) is 17.5. The van der Waals surface area contributed by atoms with Gasteiger partial charge in [0.1, 0.15) is 0 Å². The van der Waals surface area contributed by atoms with E-state index in [4.69, 9.17) is 9.84 Å². The van der Waals surface area contributed by atoms with E-state index in [1.54, 1.807) is 48.5 Å².